The van der Waals surface area contributed by atoms with Crippen molar-refractivity contribution in [2.24, 2.45) is 18.9 Å². The number of benzene rings is 1. The fourth-order valence-corrected chi connectivity index (χ4v) is 4.93. The first kappa shape index (κ1) is 15.8. The summed E-state index contributed by atoms with van der Waals surface area (Å²) in [5, 5.41) is 9.44. The summed E-state index contributed by atoms with van der Waals surface area (Å²) in [5.74, 6) is 2.84. The Balaban J connectivity index is 1.49. The van der Waals surface area contributed by atoms with Crippen molar-refractivity contribution in [3.8, 4) is 11.3 Å². The van der Waals surface area contributed by atoms with Crippen molar-refractivity contribution in [2.45, 2.75) is 45.1 Å². The van der Waals surface area contributed by atoms with Gasteiger partial charge in [0.15, 0.2) is 0 Å². The van der Waals surface area contributed by atoms with Crippen molar-refractivity contribution in [3.63, 3.8) is 0 Å². The van der Waals surface area contributed by atoms with Crippen LogP contribution in [0.1, 0.15) is 44.7 Å². The minimum Gasteiger partial charge on any atom is -0.351 e. The zero-order valence-electron chi connectivity index (χ0n) is 15.6. The van der Waals surface area contributed by atoms with E-state index in [0.717, 1.165) is 34.6 Å². The third-order valence-corrected chi connectivity index (χ3v) is 6.20. The van der Waals surface area contributed by atoms with Crippen LogP contribution in [0, 0.1) is 11.8 Å². The lowest BCUT2D eigenvalue weighted by molar-refractivity contribution is 0.261. The van der Waals surface area contributed by atoms with Crippen LogP contribution in [0.25, 0.3) is 22.2 Å². The molecule has 3 saturated carbocycles. The summed E-state index contributed by atoms with van der Waals surface area (Å²) in [7, 11) is 2.02. The van der Waals surface area contributed by atoms with Crippen LogP contribution in [0.15, 0.2) is 30.5 Å². The molecule has 1 N–H and O–H groups in total. The van der Waals surface area contributed by atoms with Gasteiger partial charge in [0.2, 0.25) is 5.95 Å². The lowest BCUT2D eigenvalue weighted by Crippen LogP contribution is -2.41. The topological polar surface area (TPSA) is 55.6 Å². The Kier molecular flexibility index (Phi) is 3.52. The maximum absolute atomic E-state index is 4.80. The van der Waals surface area contributed by atoms with E-state index in [1.807, 2.05) is 24.0 Å². The first-order chi connectivity index (χ1) is 12.6. The van der Waals surface area contributed by atoms with Crippen LogP contribution >= 0.6 is 0 Å². The van der Waals surface area contributed by atoms with Crippen molar-refractivity contribution < 1.29 is 0 Å². The average molecular weight is 347 g/mol. The number of hydrogen-bond acceptors (Lipinski definition) is 4. The summed E-state index contributed by atoms with van der Waals surface area (Å²) >= 11 is 0. The molecule has 0 radical (unpaired) electrons. The van der Waals surface area contributed by atoms with E-state index in [2.05, 4.69) is 47.4 Å². The van der Waals surface area contributed by atoms with Crippen molar-refractivity contribution in [2.75, 3.05) is 5.32 Å². The maximum atomic E-state index is 4.80. The van der Waals surface area contributed by atoms with Gasteiger partial charge >= 0.3 is 0 Å². The van der Waals surface area contributed by atoms with E-state index in [-0.39, 0.29) is 0 Å². The summed E-state index contributed by atoms with van der Waals surface area (Å²) in [6, 6.07) is 9.00. The van der Waals surface area contributed by atoms with Gasteiger partial charge in [0.25, 0.3) is 0 Å². The molecule has 134 valence electrons. The molecule has 2 heterocycles. The Labute approximate surface area is 153 Å². The van der Waals surface area contributed by atoms with Crippen LogP contribution in [0.5, 0.6) is 0 Å². The zero-order chi connectivity index (χ0) is 17.8. The third kappa shape index (κ3) is 2.41. The van der Waals surface area contributed by atoms with Crippen molar-refractivity contribution in [1.29, 1.82) is 0 Å². The van der Waals surface area contributed by atoms with Gasteiger partial charge in [-0.1, -0.05) is 19.9 Å². The molecule has 3 fully saturated rings. The first-order valence-electron chi connectivity index (χ1n) is 9.67. The normalized spacial score (nSPS) is 24.2. The Morgan fingerprint density at radius 3 is 2.69 bits per heavy atom. The van der Waals surface area contributed by atoms with Gasteiger partial charge in [-0.05, 0) is 55.2 Å². The zero-order valence-corrected chi connectivity index (χ0v) is 15.6. The Morgan fingerprint density at radius 2 is 1.96 bits per heavy atom. The summed E-state index contributed by atoms with van der Waals surface area (Å²) in [4.78, 5) is 9.26. The minimum atomic E-state index is 0.428. The predicted octanol–water partition coefficient (Wildman–Crippen LogP) is 4.36. The molecule has 26 heavy (non-hydrogen) atoms. The number of anilines is 1. The van der Waals surface area contributed by atoms with Crippen molar-refractivity contribution in [3.05, 3.63) is 36.2 Å². The number of rotatable bonds is 4. The molecule has 3 aliphatic rings. The molecule has 3 atom stereocenters. The summed E-state index contributed by atoms with van der Waals surface area (Å²) in [6.45, 7) is 4.42. The molecule has 0 aliphatic heterocycles. The van der Waals surface area contributed by atoms with Gasteiger partial charge in [-0.15, -0.1) is 0 Å². The highest BCUT2D eigenvalue weighted by molar-refractivity contribution is 5.86. The smallest absolute Gasteiger partial charge is 0.223 e. The Hall–Kier alpha value is -2.43. The molecular weight excluding hydrogens is 322 g/mol. The lowest BCUT2D eigenvalue weighted by Gasteiger charge is -2.36. The largest absolute Gasteiger partial charge is 0.351 e. The quantitative estimate of drug-likeness (QED) is 0.762. The first-order valence-corrected chi connectivity index (χ1v) is 9.67. The number of aromatic nitrogens is 4. The molecule has 5 nitrogen and oxygen atoms in total. The molecule has 6 rings (SSSR count). The Morgan fingerprint density at radius 1 is 1.15 bits per heavy atom. The monoisotopic (exact) mass is 347 g/mol. The molecule has 0 amide bonds. The van der Waals surface area contributed by atoms with Gasteiger partial charge in [-0.2, -0.15) is 5.10 Å². The number of aryl methyl sites for hydroxylation is 1. The van der Waals surface area contributed by atoms with E-state index in [4.69, 9.17) is 4.98 Å². The van der Waals surface area contributed by atoms with E-state index in [9.17, 15) is 0 Å². The fourth-order valence-electron chi connectivity index (χ4n) is 4.93. The van der Waals surface area contributed by atoms with Crippen LogP contribution in [0.3, 0.4) is 0 Å². The van der Waals surface area contributed by atoms with Crippen LogP contribution in [-0.4, -0.2) is 25.8 Å². The van der Waals surface area contributed by atoms with Gasteiger partial charge in [0, 0.05) is 35.9 Å². The highest BCUT2D eigenvalue weighted by Crippen LogP contribution is 2.49. The SMILES string of the molecule is CC(C)c1c2cc(-c3ccnc(N[C@H]4[C@@H]5CC[C@H]4C5)n3)ccc2nn1C. The van der Waals surface area contributed by atoms with Gasteiger partial charge in [0.05, 0.1) is 11.2 Å². The highest BCUT2D eigenvalue weighted by atomic mass is 15.3. The van der Waals surface area contributed by atoms with E-state index in [1.165, 1.54) is 30.3 Å². The van der Waals surface area contributed by atoms with E-state index < -0.39 is 0 Å². The summed E-state index contributed by atoms with van der Waals surface area (Å²) in [6.07, 6.45) is 5.96. The third-order valence-electron chi connectivity index (χ3n) is 6.20. The second-order valence-electron chi connectivity index (χ2n) is 8.16. The standard InChI is InChI=1S/C21H25N5/c1-12(2)20-16-11-13(6-7-18(16)25-26(20)3)17-8-9-22-21(23-17)24-19-14-4-5-15(19)10-14/h6-9,11-12,14-15,19H,4-5,10H2,1-3H3,(H,22,23,24)/t14-,15+,19+. The van der Waals surface area contributed by atoms with Gasteiger partial charge in [-0.3, -0.25) is 4.68 Å². The minimum absolute atomic E-state index is 0.428. The van der Waals surface area contributed by atoms with Crippen LogP contribution in [-0.2, 0) is 7.05 Å². The lowest BCUT2D eigenvalue weighted by atomic mass is 9.78. The molecule has 1 aromatic carbocycles. The number of nitrogens with zero attached hydrogens (tertiary/aromatic N) is 4. The summed E-state index contributed by atoms with van der Waals surface area (Å²) in [5.41, 5.74) is 4.39. The maximum Gasteiger partial charge on any atom is 0.223 e. The van der Waals surface area contributed by atoms with Gasteiger partial charge < -0.3 is 5.32 Å². The van der Waals surface area contributed by atoms with Crippen LogP contribution < -0.4 is 5.32 Å². The van der Waals surface area contributed by atoms with Gasteiger partial charge in [0.1, 0.15) is 0 Å². The summed E-state index contributed by atoms with van der Waals surface area (Å²) < 4.78 is 2.00. The molecule has 0 saturated heterocycles. The molecule has 3 aliphatic carbocycles. The molecular formula is C21H25N5. The van der Waals surface area contributed by atoms with E-state index >= 15 is 0 Å². The highest BCUT2D eigenvalue weighted by Gasteiger charge is 2.46. The van der Waals surface area contributed by atoms with Crippen molar-refractivity contribution in [1.82, 2.24) is 19.7 Å². The predicted molar refractivity (Wildman–Crippen MR) is 104 cm³/mol. The van der Waals surface area contributed by atoms with E-state index in [1.54, 1.807) is 0 Å². The molecule has 5 heteroatoms. The second kappa shape index (κ2) is 5.79. The number of hydrogen-bond donors (Lipinski definition) is 1. The number of fused-ring (bicyclic) bond motifs is 2. The van der Waals surface area contributed by atoms with Crippen molar-refractivity contribution >= 4 is 16.9 Å². The fraction of sp³-hybridized carbons (Fsp3) is 0.476. The van der Waals surface area contributed by atoms with Crippen LogP contribution in [0.2, 0.25) is 0 Å². The molecule has 0 unspecified atom stereocenters. The molecule has 2 aromatic heterocycles. The molecule has 3 aromatic rings. The van der Waals surface area contributed by atoms with E-state index in [0.29, 0.717) is 12.0 Å². The Bertz CT molecular complexity index is 960. The average Bonchev–Trinajstić information content (AvgIpc) is 3.32. The van der Waals surface area contributed by atoms with Gasteiger partial charge in [-0.25, -0.2) is 9.97 Å². The number of nitrogens with one attached hydrogen (secondary N) is 1. The molecule has 0 spiro atoms. The van der Waals surface area contributed by atoms with Crippen LogP contribution in [0.4, 0.5) is 5.95 Å². The second-order valence-corrected chi connectivity index (χ2v) is 8.16. The molecule has 2 bridgehead atoms.